The summed E-state index contributed by atoms with van der Waals surface area (Å²) in [5.74, 6) is -2.97. The monoisotopic (exact) mass is 289 g/mol. The summed E-state index contributed by atoms with van der Waals surface area (Å²) in [6.45, 7) is 0. The molecule has 0 saturated carbocycles. The largest absolute Gasteiger partial charge is 0.477 e. The minimum atomic E-state index is -1.48. The van der Waals surface area contributed by atoms with E-state index < -0.39 is 17.5 Å². The van der Waals surface area contributed by atoms with Gasteiger partial charge in [0.2, 0.25) is 0 Å². The topological polar surface area (TPSA) is 86.6 Å². The van der Waals surface area contributed by atoms with Gasteiger partial charge in [0.05, 0.1) is 0 Å². The van der Waals surface area contributed by atoms with Gasteiger partial charge in [-0.15, -0.1) is 11.3 Å². The first kappa shape index (κ1) is 13.8. The van der Waals surface area contributed by atoms with Crippen LogP contribution in [0.3, 0.4) is 0 Å². The van der Waals surface area contributed by atoms with Crippen LogP contribution in [-0.4, -0.2) is 22.2 Å². The average molecular weight is 289 g/mol. The minimum Gasteiger partial charge on any atom is -0.477 e. The summed E-state index contributed by atoms with van der Waals surface area (Å²) in [7, 11) is 0. The number of nitrogens with one attached hydrogen (secondary N) is 1. The van der Waals surface area contributed by atoms with Crippen LogP contribution in [0.25, 0.3) is 10.4 Å². The highest BCUT2D eigenvalue weighted by molar-refractivity contribution is 7.14. The van der Waals surface area contributed by atoms with Crippen LogP contribution in [0.1, 0.15) is 0 Å². The van der Waals surface area contributed by atoms with E-state index in [-0.39, 0.29) is 0 Å². The maximum absolute atomic E-state index is 10.7. The SMILES string of the molecule is O=C(O)C(=CNc1csc(-c2ccccc2)c1)C(=O)O. The molecule has 0 aliphatic rings. The zero-order chi connectivity index (χ0) is 14.5. The third kappa shape index (κ3) is 3.24. The summed E-state index contributed by atoms with van der Waals surface area (Å²) >= 11 is 1.48. The van der Waals surface area contributed by atoms with Crippen molar-refractivity contribution in [2.24, 2.45) is 0 Å². The van der Waals surface area contributed by atoms with Crippen molar-refractivity contribution in [3.63, 3.8) is 0 Å². The van der Waals surface area contributed by atoms with Crippen LogP contribution < -0.4 is 5.32 Å². The first-order valence-electron chi connectivity index (χ1n) is 5.65. The lowest BCUT2D eigenvalue weighted by Crippen LogP contribution is -2.12. The Balaban J connectivity index is 2.16. The van der Waals surface area contributed by atoms with Gasteiger partial charge in [0.1, 0.15) is 0 Å². The van der Waals surface area contributed by atoms with Crippen LogP contribution in [-0.2, 0) is 9.59 Å². The number of aliphatic carboxylic acids is 2. The molecule has 5 nitrogen and oxygen atoms in total. The molecule has 1 aromatic heterocycles. The van der Waals surface area contributed by atoms with E-state index in [1.165, 1.54) is 11.3 Å². The van der Waals surface area contributed by atoms with Crippen molar-refractivity contribution in [2.45, 2.75) is 0 Å². The van der Waals surface area contributed by atoms with Gasteiger partial charge >= 0.3 is 11.9 Å². The molecule has 0 aliphatic heterocycles. The molecule has 1 aromatic carbocycles. The molecular weight excluding hydrogens is 278 g/mol. The molecule has 0 atom stereocenters. The molecule has 20 heavy (non-hydrogen) atoms. The maximum Gasteiger partial charge on any atom is 0.344 e. The quantitative estimate of drug-likeness (QED) is 0.447. The molecule has 0 aliphatic carbocycles. The van der Waals surface area contributed by atoms with E-state index in [1.54, 1.807) is 5.38 Å². The number of anilines is 1. The van der Waals surface area contributed by atoms with E-state index >= 15 is 0 Å². The standard InChI is InChI=1S/C14H11NO4S/c16-13(17)11(14(18)19)7-15-10-6-12(20-8-10)9-4-2-1-3-5-9/h1-8,15H,(H,16,17)(H,18,19). The summed E-state index contributed by atoms with van der Waals surface area (Å²) in [6.07, 6.45) is 0.974. The molecule has 0 bridgehead atoms. The third-order valence-electron chi connectivity index (χ3n) is 2.50. The predicted molar refractivity (Wildman–Crippen MR) is 76.7 cm³/mol. The van der Waals surface area contributed by atoms with Crippen molar-refractivity contribution >= 4 is 29.0 Å². The second kappa shape index (κ2) is 6.03. The predicted octanol–water partition coefficient (Wildman–Crippen LogP) is 2.88. The first-order chi connectivity index (χ1) is 9.58. The average Bonchev–Trinajstić information content (AvgIpc) is 2.88. The Morgan fingerprint density at radius 1 is 1.10 bits per heavy atom. The van der Waals surface area contributed by atoms with Crippen molar-refractivity contribution in [3.05, 3.63) is 53.6 Å². The zero-order valence-corrected chi connectivity index (χ0v) is 11.1. The summed E-state index contributed by atoms with van der Waals surface area (Å²) in [4.78, 5) is 22.4. The van der Waals surface area contributed by atoms with E-state index in [0.717, 1.165) is 16.6 Å². The fourth-order valence-electron chi connectivity index (χ4n) is 1.54. The van der Waals surface area contributed by atoms with Crippen LogP contribution in [0, 0.1) is 0 Å². The first-order valence-corrected chi connectivity index (χ1v) is 6.53. The molecule has 0 amide bonds. The van der Waals surface area contributed by atoms with Crippen LogP contribution >= 0.6 is 11.3 Å². The number of carboxylic acid groups (broad SMARTS) is 2. The lowest BCUT2D eigenvalue weighted by Gasteiger charge is -1.98. The Morgan fingerprint density at radius 2 is 1.75 bits per heavy atom. The van der Waals surface area contributed by atoms with Crippen LogP contribution in [0.2, 0.25) is 0 Å². The molecule has 3 N–H and O–H groups in total. The fourth-order valence-corrected chi connectivity index (χ4v) is 2.39. The van der Waals surface area contributed by atoms with Crippen LogP contribution in [0.15, 0.2) is 53.6 Å². The Labute approximate surface area is 118 Å². The van der Waals surface area contributed by atoms with E-state index in [1.807, 2.05) is 36.4 Å². The van der Waals surface area contributed by atoms with Gasteiger partial charge in [-0.2, -0.15) is 0 Å². The Morgan fingerprint density at radius 3 is 2.35 bits per heavy atom. The number of thiophene rings is 1. The van der Waals surface area contributed by atoms with Gasteiger partial charge in [-0.05, 0) is 11.6 Å². The van der Waals surface area contributed by atoms with Crippen LogP contribution in [0.4, 0.5) is 5.69 Å². The minimum absolute atomic E-state index is 0.647. The molecule has 2 rings (SSSR count). The molecule has 102 valence electrons. The number of carbonyl (C=O) groups is 2. The number of hydrogen-bond donors (Lipinski definition) is 3. The third-order valence-corrected chi connectivity index (χ3v) is 3.48. The molecule has 1 heterocycles. The number of rotatable bonds is 5. The van der Waals surface area contributed by atoms with Crippen molar-refractivity contribution in [1.82, 2.24) is 0 Å². The van der Waals surface area contributed by atoms with Gasteiger partial charge in [0.15, 0.2) is 5.57 Å². The fraction of sp³-hybridized carbons (Fsp3) is 0. The molecule has 0 spiro atoms. The lowest BCUT2D eigenvalue weighted by atomic mass is 10.2. The molecule has 2 aromatic rings. The van der Waals surface area contributed by atoms with Gasteiger partial charge in [-0.1, -0.05) is 30.3 Å². The Bertz CT molecular complexity index is 645. The molecule has 0 saturated heterocycles. The zero-order valence-electron chi connectivity index (χ0n) is 10.2. The van der Waals surface area contributed by atoms with E-state index in [0.29, 0.717) is 5.69 Å². The molecule has 0 fully saturated rings. The number of hydrogen-bond acceptors (Lipinski definition) is 4. The van der Waals surface area contributed by atoms with E-state index in [9.17, 15) is 9.59 Å². The highest BCUT2D eigenvalue weighted by Gasteiger charge is 2.15. The van der Waals surface area contributed by atoms with Gasteiger partial charge in [0.25, 0.3) is 0 Å². The van der Waals surface area contributed by atoms with Gasteiger partial charge in [-0.3, -0.25) is 0 Å². The molecular formula is C14H11NO4S. The Kier molecular flexibility index (Phi) is 4.17. The van der Waals surface area contributed by atoms with Crippen molar-refractivity contribution in [2.75, 3.05) is 5.32 Å². The molecule has 0 radical (unpaired) electrons. The highest BCUT2D eigenvalue weighted by Crippen LogP contribution is 2.29. The van der Waals surface area contributed by atoms with Crippen molar-refractivity contribution in [3.8, 4) is 10.4 Å². The van der Waals surface area contributed by atoms with Crippen molar-refractivity contribution in [1.29, 1.82) is 0 Å². The highest BCUT2D eigenvalue weighted by atomic mass is 32.1. The van der Waals surface area contributed by atoms with E-state index in [2.05, 4.69) is 5.32 Å². The van der Waals surface area contributed by atoms with Crippen LogP contribution in [0.5, 0.6) is 0 Å². The van der Waals surface area contributed by atoms with E-state index in [4.69, 9.17) is 10.2 Å². The van der Waals surface area contributed by atoms with Gasteiger partial charge in [0, 0.05) is 22.1 Å². The second-order valence-corrected chi connectivity index (χ2v) is 4.79. The summed E-state index contributed by atoms with van der Waals surface area (Å²) in [5.41, 5.74) is 0.984. The molecule has 6 heteroatoms. The lowest BCUT2D eigenvalue weighted by molar-refractivity contribution is -0.140. The normalized spacial score (nSPS) is 9.80. The summed E-state index contributed by atoms with van der Waals surface area (Å²) in [6, 6.07) is 11.5. The van der Waals surface area contributed by atoms with Gasteiger partial charge < -0.3 is 15.5 Å². The Hall–Kier alpha value is -2.60. The van der Waals surface area contributed by atoms with Crippen molar-refractivity contribution < 1.29 is 19.8 Å². The number of carboxylic acids is 2. The summed E-state index contributed by atoms with van der Waals surface area (Å²) < 4.78 is 0. The second-order valence-electron chi connectivity index (χ2n) is 3.88. The smallest absolute Gasteiger partial charge is 0.344 e. The number of benzene rings is 1. The van der Waals surface area contributed by atoms with Gasteiger partial charge in [-0.25, -0.2) is 9.59 Å². The molecule has 0 unspecified atom stereocenters. The summed E-state index contributed by atoms with van der Waals surface area (Å²) in [5, 5.41) is 21.9. The maximum atomic E-state index is 10.7.